The summed E-state index contributed by atoms with van der Waals surface area (Å²) in [5, 5.41) is 0. The molecule has 27 heavy (non-hydrogen) atoms. The van der Waals surface area contributed by atoms with E-state index < -0.39 is 0 Å². The lowest BCUT2D eigenvalue weighted by Crippen LogP contribution is -2.52. The van der Waals surface area contributed by atoms with Gasteiger partial charge in [-0.1, -0.05) is 19.3 Å². The minimum Gasteiger partial charge on any atom is -0.380 e. The average molecular weight is 427 g/mol. The van der Waals surface area contributed by atoms with Crippen LogP contribution in [0.15, 0.2) is 0 Å². The largest absolute Gasteiger partial charge is 0.380 e. The first kappa shape index (κ1) is 26.4. The summed E-state index contributed by atoms with van der Waals surface area (Å²) in [5.41, 5.74) is 5.58. The zero-order chi connectivity index (χ0) is 18.2. The van der Waals surface area contributed by atoms with E-state index in [-0.39, 0.29) is 42.7 Å². The molecule has 0 bridgehead atoms. The molecule has 1 saturated carbocycles. The first-order valence-electron chi connectivity index (χ1n) is 9.53. The van der Waals surface area contributed by atoms with Crippen molar-refractivity contribution in [1.29, 1.82) is 0 Å². The summed E-state index contributed by atoms with van der Waals surface area (Å²) in [6, 6.07) is 0.409. The van der Waals surface area contributed by atoms with E-state index in [1.807, 2.05) is 16.8 Å². The van der Waals surface area contributed by atoms with Crippen molar-refractivity contribution >= 4 is 36.6 Å². The van der Waals surface area contributed by atoms with Crippen molar-refractivity contribution < 1.29 is 14.3 Å². The zero-order valence-corrected chi connectivity index (χ0v) is 18.2. The third-order valence-corrected chi connectivity index (χ3v) is 5.60. The molecule has 1 heterocycles. The highest BCUT2D eigenvalue weighted by Gasteiger charge is 2.27. The summed E-state index contributed by atoms with van der Waals surface area (Å²) in [4.78, 5) is 30.7. The van der Waals surface area contributed by atoms with E-state index in [0.29, 0.717) is 38.6 Å². The molecule has 2 fully saturated rings. The van der Waals surface area contributed by atoms with Crippen molar-refractivity contribution in [2.75, 3.05) is 53.4 Å². The molecule has 0 spiro atoms. The molecule has 0 aromatic rings. The molecule has 2 N–H and O–H groups in total. The van der Waals surface area contributed by atoms with E-state index >= 15 is 0 Å². The van der Waals surface area contributed by atoms with Crippen LogP contribution >= 0.6 is 24.8 Å². The van der Waals surface area contributed by atoms with Crippen LogP contribution in [0.2, 0.25) is 0 Å². The smallest absolute Gasteiger partial charge is 0.236 e. The molecule has 7 nitrogen and oxygen atoms in total. The third-order valence-electron chi connectivity index (χ3n) is 5.60. The molecule has 0 radical (unpaired) electrons. The topological polar surface area (TPSA) is 79.1 Å². The van der Waals surface area contributed by atoms with Crippen molar-refractivity contribution in [3.8, 4) is 0 Å². The van der Waals surface area contributed by atoms with Crippen LogP contribution in [-0.2, 0) is 14.3 Å². The fraction of sp³-hybridized carbons (Fsp3) is 0.889. The standard InChI is InChI=1S/C18H34N4O3.2ClH/c1-20(15-6-4-3-5-7-15)18(24)14-21-8-10-22(11-9-21)17(23)12-16(13-19)25-2;;/h15-16H,3-14,19H2,1-2H3;2*1H. The number of rotatable bonds is 7. The third kappa shape index (κ3) is 8.11. The fourth-order valence-corrected chi connectivity index (χ4v) is 3.72. The highest BCUT2D eigenvalue weighted by Crippen LogP contribution is 2.21. The Kier molecular flexibility index (Phi) is 13.3. The first-order valence-corrected chi connectivity index (χ1v) is 9.53. The summed E-state index contributed by atoms with van der Waals surface area (Å²) in [5.74, 6) is 0.289. The van der Waals surface area contributed by atoms with Crippen molar-refractivity contribution in [3.05, 3.63) is 0 Å². The summed E-state index contributed by atoms with van der Waals surface area (Å²) >= 11 is 0. The van der Waals surface area contributed by atoms with Crippen LogP contribution in [0.1, 0.15) is 38.5 Å². The van der Waals surface area contributed by atoms with E-state index in [1.165, 1.54) is 19.3 Å². The number of carbonyl (C=O) groups is 2. The number of hydrogen-bond acceptors (Lipinski definition) is 5. The fourth-order valence-electron chi connectivity index (χ4n) is 3.72. The molecular weight excluding hydrogens is 391 g/mol. The maximum Gasteiger partial charge on any atom is 0.236 e. The van der Waals surface area contributed by atoms with E-state index in [1.54, 1.807) is 7.11 Å². The van der Waals surface area contributed by atoms with Crippen LogP contribution < -0.4 is 5.73 Å². The van der Waals surface area contributed by atoms with E-state index in [4.69, 9.17) is 10.5 Å². The number of likely N-dealkylation sites (N-methyl/N-ethyl adjacent to an activating group) is 1. The Balaban J connectivity index is 0.00000338. The summed E-state index contributed by atoms with van der Waals surface area (Å²) in [6.07, 6.45) is 6.14. The summed E-state index contributed by atoms with van der Waals surface area (Å²) in [6.45, 7) is 3.63. The van der Waals surface area contributed by atoms with Gasteiger partial charge in [0.25, 0.3) is 0 Å². The quantitative estimate of drug-likeness (QED) is 0.659. The molecule has 1 saturated heterocycles. The Bertz CT molecular complexity index is 438. The molecule has 2 aliphatic rings. The Hall–Kier alpha value is -0.600. The zero-order valence-electron chi connectivity index (χ0n) is 16.6. The first-order chi connectivity index (χ1) is 12.0. The Morgan fingerprint density at radius 3 is 2.22 bits per heavy atom. The van der Waals surface area contributed by atoms with Crippen molar-refractivity contribution in [2.24, 2.45) is 5.73 Å². The molecule has 1 atom stereocenters. The van der Waals surface area contributed by atoms with Crippen LogP contribution in [0.5, 0.6) is 0 Å². The minimum atomic E-state index is -0.212. The van der Waals surface area contributed by atoms with Gasteiger partial charge < -0.3 is 20.3 Å². The number of carbonyl (C=O) groups excluding carboxylic acids is 2. The van der Waals surface area contributed by atoms with Crippen LogP contribution in [-0.4, -0.2) is 92.1 Å². The van der Waals surface area contributed by atoms with Gasteiger partial charge >= 0.3 is 0 Å². The molecule has 1 unspecified atom stereocenters. The monoisotopic (exact) mass is 426 g/mol. The van der Waals surface area contributed by atoms with Gasteiger partial charge in [0, 0.05) is 52.9 Å². The SMILES string of the molecule is COC(CN)CC(=O)N1CCN(CC(=O)N(C)C2CCCCC2)CC1.Cl.Cl. The number of piperazine rings is 1. The summed E-state index contributed by atoms with van der Waals surface area (Å²) < 4.78 is 5.19. The van der Waals surface area contributed by atoms with Crippen molar-refractivity contribution in [3.63, 3.8) is 0 Å². The predicted molar refractivity (Wildman–Crippen MR) is 112 cm³/mol. The summed E-state index contributed by atoms with van der Waals surface area (Å²) in [7, 11) is 3.52. The number of hydrogen-bond donors (Lipinski definition) is 1. The predicted octanol–water partition coefficient (Wildman–Crippen LogP) is 1.13. The second-order valence-electron chi connectivity index (χ2n) is 7.25. The second kappa shape index (κ2) is 13.6. The molecule has 1 aliphatic heterocycles. The van der Waals surface area contributed by atoms with Gasteiger partial charge in [-0.2, -0.15) is 0 Å². The van der Waals surface area contributed by atoms with Gasteiger partial charge in [0.1, 0.15) is 0 Å². The maximum absolute atomic E-state index is 12.5. The molecule has 0 aromatic heterocycles. The Labute approximate surface area is 175 Å². The highest BCUT2D eigenvalue weighted by molar-refractivity contribution is 5.85. The molecule has 0 aromatic carbocycles. The number of amides is 2. The van der Waals surface area contributed by atoms with Gasteiger partial charge in [-0.05, 0) is 12.8 Å². The molecule has 160 valence electrons. The van der Waals surface area contributed by atoms with E-state index in [9.17, 15) is 9.59 Å². The van der Waals surface area contributed by atoms with Gasteiger partial charge in [0.15, 0.2) is 0 Å². The number of nitrogens with two attached hydrogens (primary N) is 1. The molecule has 9 heteroatoms. The molecular formula is C18H36Cl2N4O3. The van der Waals surface area contributed by atoms with Gasteiger partial charge in [0.05, 0.1) is 19.1 Å². The Morgan fingerprint density at radius 2 is 1.70 bits per heavy atom. The van der Waals surface area contributed by atoms with Crippen LogP contribution in [0.25, 0.3) is 0 Å². The Morgan fingerprint density at radius 1 is 1.11 bits per heavy atom. The van der Waals surface area contributed by atoms with Crippen LogP contribution in [0.4, 0.5) is 0 Å². The minimum absolute atomic E-state index is 0. The van der Waals surface area contributed by atoms with Crippen LogP contribution in [0.3, 0.4) is 0 Å². The number of halogens is 2. The van der Waals surface area contributed by atoms with E-state index in [2.05, 4.69) is 4.90 Å². The van der Waals surface area contributed by atoms with Gasteiger partial charge in [-0.15, -0.1) is 24.8 Å². The van der Waals surface area contributed by atoms with Crippen LogP contribution in [0, 0.1) is 0 Å². The lowest BCUT2D eigenvalue weighted by molar-refractivity contribution is -0.137. The van der Waals surface area contributed by atoms with Gasteiger partial charge in [0.2, 0.25) is 11.8 Å². The normalized spacial score (nSPS) is 19.6. The second-order valence-corrected chi connectivity index (χ2v) is 7.25. The van der Waals surface area contributed by atoms with Gasteiger partial charge in [-0.3, -0.25) is 14.5 Å². The molecule has 2 rings (SSSR count). The van der Waals surface area contributed by atoms with E-state index in [0.717, 1.165) is 25.9 Å². The van der Waals surface area contributed by atoms with Crippen molar-refractivity contribution in [2.45, 2.75) is 50.7 Å². The van der Waals surface area contributed by atoms with Gasteiger partial charge in [-0.25, -0.2) is 0 Å². The lowest BCUT2D eigenvalue weighted by atomic mass is 9.94. The highest BCUT2D eigenvalue weighted by atomic mass is 35.5. The maximum atomic E-state index is 12.5. The van der Waals surface area contributed by atoms with Crippen molar-refractivity contribution in [1.82, 2.24) is 14.7 Å². The average Bonchev–Trinajstić information content (AvgIpc) is 2.66. The molecule has 1 aliphatic carbocycles. The number of methoxy groups -OCH3 is 1. The lowest BCUT2D eigenvalue weighted by Gasteiger charge is -2.37. The molecule has 2 amide bonds. The number of ether oxygens (including phenoxy) is 1. The number of nitrogens with zero attached hydrogens (tertiary/aromatic N) is 3.